The van der Waals surface area contributed by atoms with Crippen molar-refractivity contribution in [1.82, 2.24) is 18.9 Å². The van der Waals surface area contributed by atoms with Crippen LogP contribution in [0.1, 0.15) is 36.8 Å². The predicted octanol–water partition coefficient (Wildman–Crippen LogP) is 4.36. The quantitative estimate of drug-likeness (QED) is 0.513. The van der Waals surface area contributed by atoms with E-state index in [9.17, 15) is 4.79 Å². The SMILES string of the molecule is CCN1CCC(c2cc(C)c3nc(-c4ccc5cn(C)cc5c4)cc(=O)n3c2)CC1. The fourth-order valence-electron chi connectivity index (χ4n) is 4.79. The first-order valence-corrected chi connectivity index (χ1v) is 10.8. The van der Waals surface area contributed by atoms with E-state index in [1.165, 1.54) is 10.9 Å². The number of benzene rings is 1. The highest BCUT2D eigenvalue weighted by atomic mass is 16.1. The number of fused-ring (bicyclic) bond motifs is 2. The number of piperidine rings is 1. The molecule has 0 bridgehead atoms. The molecule has 0 N–H and O–H groups in total. The van der Waals surface area contributed by atoms with E-state index in [0.29, 0.717) is 5.92 Å². The minimum absolute atomic E-state index is 0.0147. The summed E-state index contributed by atoms with van der Waals surface area (Å²) in [5.74, 6) is 0.517. The van der Waals surface area contributed by atoms with Crippen LogP contribution in [0.5, 0.6) is 0 Å². The van der Waals surface area contributed by atoms with Gasteiger partial charge in [-0.2, -0.15) is 0 Å². The molecule has 30 heavy (non-hydrogen) atoms. The van der Waals surface area contributed by atoms with Crippen LogP contribution in [0.3, 0.4) is 0 Å². The maximum Gasteiger partial charge on any atom is 0.258 e. The van der Waals surface area contributed by atoms with Crippen LogP contribution >= 0.6 is 0 Å². The highest BCUT2D eigenvalue weighted by Gasteiger charge is 2.21. The van der Waals surface area contributed by atoms with Gasteiger partial charge < -0.3 is 9.47 Å². The van der Waals surface area contributed by atoms with Crippen molar-refractivity contribution in [1.29, 1.82) is 0 Å². The van der Waals surface area contributed by atoms with Crippen LogP contribution in [-0.4, -0.2) is 38.5 Å². The summed E-state index contributed by atoms with van der Waals surface area (Å²) in [6.07, 6.45) is 8.51. The first kappa shape index (κ1) is 19.1. The first-order chi connectivity index (χ1) is 14.5. The molecule has 1 saturated heterocycles. The predicted molar refractivity (Wildman–Crippen MR) is 122 cm³/mol. The summed E-state index contributed by atoms with van der Waals surface area (Å²) in [6, 6.07) is 10.1. The van der Waals surface area contributed by atoms with E-state index in [1.807, 2.05) is 23.9 Å². The van der Waals surface area contributed by atoms with Crippen LogP contribution < -0.4 is 5.56 Å². The van der Waals surface area contributed by atoms with Crippen LogP contribution in [-0.2, 0) is 7.05 Å². The van der Waals surface area contributed by atoms with Crippen molar-refractivity contribution in [3.05, 3.63) is 70.4 Å². The zero-order valence-electron chi connectivity index (χ0n) is 17.9. The van der Waals surface area contributed by atoms with Gasteiger partial charge in [0.1, 0.15) is 5.65 Å². The Morgan fingerprint density at radius 2 is 1.80 bits per heavy atom. The lowest BCUT2D eigenvalue weighted by Crippen LogP contribution is -2.32. The average molecular weight is 401 g/mol. The van der Waals surface area contributed by atoms with Gasteiger partial charge in [-0.25, -0.2) is 4.98 Å². The standard InChI is InChI=1S/C25H28N4O/c1-4-28-9-7-18(8-10-28)21-11-17(2)25-26-23(13-24(30)29(25)16-21)19-5-6-20-14-27(3)15-22(20)12-19/h5-6,11-16,18H,4,7-10H2,1-3H3. The number of aryl methyl sites for hydroxylation is 2. The van der Waals surface area contributed by atoms with Gasteiger partial charge in [-0.3, -0.25) is 9.20 Å². The van der Waals surface area contributed by atoms with Gasteiger partial charge in [0, 0.05) is 37.3 Å². The lowest BCUT2D eigenvalue weighted by atomic mass is 9.90. The second-order valence-electron chi connectivity index (χ2n) is 8.61. The van der Waals surface area contributed by atoms with Crippen molar-refractivity contribution in [2.45, 2.75) is 32.6 Å². The Morgan fingerprint density at radius 1 is 1.03 bits per heavy atom. The first-order valence-electron chi connectivity index (χ1n) is 10.8. The summed E-state index contributed by atoms with van der Waals surface area (Å²) in [4.78, 5) is 20.4. The largest absolute Gasteiger partial charge is 0.356 e. The van der Waals surface area contributed by atoms with E-state index in [-0.39, 0.29) is 5.56 Å². The lowest BCUT2D eigenvalue weighted by Gasteiger charge is -2.31. The van der Waals surface area contributed by atoms with E-state index in [4.69, 9.17) is 4.98 Å². The van der Waals surface area contributed by atoms with Crippen LogP contribution in [0.4, 0.5) is 0 Å². The zero-order chi connectivity index (χ0) is 20.8. The third-order valence-corrected chi connectivity index (χ3v) is 6.54. The van der Waals surface area contributed by atoms with Crippen LogP contribution in [0, 0.1) is 6.92 Å². The number of aromatic nitrogens is 3. The summed E-state index contributed by atoms with van der Waals surface area (Å²) in [5.41, 5.74) is 4.77. The lowest BCUT2D eigenvalue weighted by molar-refractivity contribution is 0.222. The smallest absolute Gasteiger partial charge is 0.258 e. The monoisotopic (exact) mass is 400 g/mol. The Hall–Kier alpha value is -2.92. The molecule has 0 unspecified atom stereocenters. The topological polar surface area (TPSA) is 42.5 Å². The molecule has 3 aromatic heterocycles. The van der Waals surface area contributed by atoms with Gasteiger partial charge in [0.15, 0.2) is 0 Å². The van der Waals surface area contributed by atoms with Crippen LogP contribution in [0.15, 0.2) is 53.7 Å². The third kappa shape index (κ3) is 3.33. The maximum atomic E-state index is 13.0. The van der Waals surface area contributed by atoms with Crippen molar-refractivity contribution >= 4 is 16.4 Å². The molecule has 154 valence electrons. The number of pyridine rings is 1. The van der Waals surface area contributed by atoms with E-state index >= 15 is 0 Å². The van der Waals surface area contributed by atoms with Gasteiger partial charge in [0.25, 0.3) is 5.56 Å². The van der Waals surface area contributed by atoms with Gasteiger partial charge in [-0.05, 0) is 73.3 Å². The highest BCUT2D eigenvalue weighted by Crippen LogP contribution is 2.29. The highest BCUT2D eigenvalue weighted by molar-refractivity contribution is 5.86. The van der Waals surface area contributed by atoms with Gasteiger partial charge in [0.2, 0.25) is 0 Å². The molecule has 5 nitrogen and oxygen atoms in total. The summed E-state index contributed by atoms with van der Waals surface area (Å²) >= 11 is 0. The number of rotatable bonds is 3. The minimum Gasteiger partial charge on any atom is -0.356 e. The molecule has 5 rings (SSSR count). The Kier molecular flexibility index (Phi) is 4.70. The normalized spacial score (nSPS) is 16.0. The van der Waals surface area contributed by atoms with Crippen molar-refractivity contribution < 1.29 is 0 Å². The molecule has 5 heteroatoms. The Balaban J connectivity index is 1.55. The summed E-state index contributed by atoms with van der Waals surface area (Å²) in [5, 5.41) is 2.34. The molecule has 1 fully saturated rings. The molecule has 0 radical (unpaired) electrons. The third-order valence-electron chi connectivity index (χ3n) is 6.54. The van der Waals surface area contributed by atoms with E-state index in [2.05, 4.69) is 49.3 Å². The van der Waals surface area contributed by atoms with E-state index in [1.54, 1.807) is 10.5 Å². The molecular weight excluding hydrogens is 372 g/mol. The molecule has 0 spiro atoms. The molecule has 4 heterocycles. The number of hydrogen-bond donors (Lipinski definition) is 0. The molecule has 1 aliphatic heterocycles. The Labute approximate surface area is 176 Å². The summed E-state index contributed by atoms with van der Waals surface area (Å²) in [7, 11) is 2.02. The summed E-state index contributed by atoms with van der Waals surface area (Å²) < 4.78 is 3.79. The molecule has 4 aromatic rings. The Bertz CT molecular complexity index is 1290. The van der Waals surface area contributed by atoms with Crippen LogP contribution in [0.25, 0.3) is 27.7 Å². The Morgan fingerprint density at radius 3 is 2.57 bits per heavy atom. The molecule has 1 aromatic carbocycles. The van der Waals surface area contributed by atoms with Gasteiger partial charge in [-0.1, -0.05) is 25.1 Å². The van der Waals surface area contributed by atoms with Crippen molar-refractivity contribution in [2.24, 2.45) is 7.05 Å². The van der Waals surface area contributed by atoms with Gasteiger partial charge in [-0.15, -0.1) is 0 Å². The second kappa shape index (κ2) is 7.40. The molecule has 1 aliphatic rings. The van der Waals surface area contributed by atoms with Crippen molar-refractivity contribution in [3.63, 3.8) is 0 Å². The molecular formula is C25H28N4O. The minimum atomic E-state index is -0.0147. The van der Waals surface area contributed by atoms with Gasteiger partial charge >= 0.3 is 0 Å². The van der Waals surface area contributed by atoms with E-state index in [0.717, 1.165) is 60.3 Å². The van der Waals surface area contributed by atoms with Crippen molar-refractivity contribution in [2.75, 3.05) is 19.6 Å². The average Bonchev–Trinajstić information content (AvgIpc) is 3.13. The fourth-order valence-corrected chi connectivity index (χ4v) is 4.79. The van der Waals surface area contributed by atoms with Crippen LogP contribution in [0.2, 0.25) is 0 Å². The zero-order valence-corrected chi connectivity index (χ0v) is 17.9. The molecule has 0 atom stereocenters. The van der Waals surface area contributed by atoms with Gasteiger partial charge in [0.05, 0.1) is 5.69 Å². The summed E-state index contributed by atoms with van der Waals surface area (Å²) in [6.45, 7) is 7.67. The maximum absolute atomic E-state index is 13.0. The van der Waals surface area contributed by atoms with Crippen molar-refractivity contribution in [3.8, 4) is 11.3 Å². The molecule has 0 aliphatic carbocycles. The molecule has 0 saturated carbocycles. The number of hydrogen-bond acceptors (Lipinski definition) is 3. The van der Waals surface area contributed by atoms with E-state index < -0.39 is 0 Å². The second-order valence-corrected chi connectivity index (χ2v) is 8.61. The fraction of sp³-hybridized carbons (Fsp3) is 0.360. The number of likely N-dealkylation sites (tertiary alicyclic amines) is 1. The molecule has 0 amide bonds. The number of nitrogens with zero attached hydrogens (tertiary/aromatic N) is 4.